The molecule has 0 saturated heterocycles. The lowest BCUT2D eigenvalue weighted by molar-refractivity contribution is 0.282. The third-order valence-electron chi connectivity index (χ3n) is 4.40. The molecule has 0 radical (unpaired) electrons. The molecule has 0 amide bonds. The third kappa shape index (κ3) is 4.98. The summed E-state index contributed by atoms with van der Waals surface area (Å²) >= 11 is 3.54. The minimum Gasteiger partial charge on any atom is -0.493 e. The average molecular weight is 442 g/mol. The van der Waals surface area contributed by atoms with Crippen LogP contribution in [0.2, 0.25) is 0 Å². The Balaban J connectivity index is 1.79. The summed E-state index contributed by atoms with van der Waals surface area (Å²) in [5.41, 5.74) is 5.10. The lowest BCUT2D eigenvalue weighted by atomic mass is 10.1. The van der Waals surface area contributed by atoms with Gasteiger partial charge < -0.3 is 9.47 Å². The van der Waals surface area contributed by atoms with E-state index in [0.717, 1.165) is 21.3 Å². The van der Waals surface area contributed by atoms with Gasteiger partial charge in [0.1, 0.15) is 12.4 Å². The van der Waals surface area contributed by atoms with Gasteiger partial charge in [-0.05, 0) is 88.4 Å². The van der Waals surface area contributed by atoms with Crippen LogP contribution in [-0.4, -0.2) is 13.3 Å². The van der Waals surface area contributed by atoms with Crippen molar-refractivity contribution >= 4 is 27.8 Å². The number of aryl methyl sites for hydroxylation is 2. The number of rotatable bonds is 6. The van der Waals surface area contributed by atoms with Crippen molar-refractivity contribution in [2.24, 2.45) is 4.99 Å². The molecule has 0 N–H and O–H groups in total. The molecular weight excluding hydrogens is 421 g/mol. The molecule has 0 atom stereocenters. The number of hydrogen-bond donors (Lipinski definition) is 0. The van der Waals surface area contributed by atoms with Gasteiger partial charge in [0, 0.05) is 6.21 Å². The fourth-order valence-electron chi connectivity index (χ4n) is 2.65. The molecule has 28 heavy (non-hydrogen) atoms. The zero-order valence-electron chi connectivity index (χ0n) is 16.0. The molecule has 5 heteroatoms. The van der Waals surface area contributed by atoms with Crippen LogP contribution >= 0.6 is 15.9 Å². The van der Waals surface area contributed by atoms with Crippen molar-refractivity contribution < 1.29 is 13.9 Å². The van der Waals surface area contributed by atoms with E-state index >= 15 is 0 Å². The Morgan fingerprint density at radius 3 is 2.43 bits per heavy atom. The van der Waals surface area contributed by atoms with E-state index in [-0.39, 0.29) is 5.82 Å². The Bertz CT molecular complexity index is 1000. The Labute approximate surface area is 173 Å². The van der Waals surface area contributed by atoms with E-state index in [1.54, 1.807) is 25.5 Å². The van der Waals surface area contributed by atoms with Crippen LogP contribution in [0.25, 0.3) is 0 Å². The molecule has 0 heterocycles. The Morgan fingerprint density at radius 1 is 1.00 bits per heavy atom. The Morgan fingerprint density at radius 2 is 1.75 bits per heavy atom. The quantitative estimate of drug-likeness (QED) is 0.406. The molecule has 0 aliphatic carbocycles. The van der Waals surface area contributed by atoms with Gasteiger partial charge in [0.05, 0.1) is 17.3 Å². The minimum atomic E-state index is -0.269. The molecule has 0 spiro atoms. The Hall–Kier alpha value is -2.66. The number of aliphatic imine (C=N–C) groups is 1. The van der Waals surface area contributed by atoms with Crippen LogP contribution in [0.4, 0.5) is 10.1 Å². The molecule has 0 unspecified atom stereocenters. The largest absolute Gasteiger partial charge is 0.493 e. The zero-order chi connectivity index (χ0) is 20.1. The van der Waals surface area contributed by atoms with Crippen molar-refractivity contribution in [2.75, 3.05) is 7.11 Å². The predicted octanol–water partition coefficient (Wildman–Crippen LogP) is 6.54. The summed E-state index contributed by atoms with van der Waals surface area (Å²) in [4.78, 5) is 4.55. The molecule has 0 aliphatic heterocycles. The Kier molecular flexibility index (Phi) is 6.47. The van der Waals surface area contributed by atoms with Crippen LogP contribution in [0.3, 0.4) is 0 Å². The molecule has 0 aliphatic rings. The van der Waals surface area contributed by atoms with Crippen LogP contribution in [0.5, 0.6) is 11.5 Å². The first-order chi connectivity index (χ1) is 13.5. The molecule has 0 saturated carbocycles. The molecule has 0 fully saturated rings. The highest BCUT2D eigenvalue weighted by Crippen LogP contribution is 2.37. The maximum atomic E-state index is 13.0. The van der Waals surface area contributed by atoms with E-state index in [2.05, 4.69) is 46.9 Å². The summed E-state index contributed by atoms with van der Waals surface area (Å²) in [5.74, 6) is 0.920. The summed E-state index contributed by atoms with van der Waals surface area (Å²) in [6.07, 6.45) is 1.79. The summed E-state index contributed by atoms with van der Waals surface area (Å²) in [6, 6.07) is 16.1. The van der Waals surface area contributed by atoms with Crippen molar-refractivity contribution in [1.82, 2.24) is 0 Å². The smallest absolute Gasteiger partial charge is 0.175 e. The number of methoxy groups -OCH3 is 1. The molecule has 0 bridgehead atoms. The van der Waals surface area contributed by atoms with E-state index in [0.29, 0.717) is 18.1 Å². The third-order valence-corrected chi connectivity index (χ3v) is 4.99. The van der Waals surface area contributed by atoms with Gasteiger partial charge in [0.25, 0.3) is 0 Å². The van der Waals surface area contributed by atoms with E-state index < -0.39 is 0 Å². The van der Waals surface area contributed by atoms with Crippen molar-refractivity contribution in [2.45, 2.75) is 20.5 Å². The van der Waals surface area contributed by atoms with Gasteiger partial charge in [0.15, 0.2) is 11.5 Å². The van der Waals surface area contributed by atoms with Crippen molar-refractivity contribution in [1.29, 1.82) is 0 Å². The number of ether oxygens (including phenoxy) is 2. The monoisotopic (exact) mass is 441 g/mol. The summed E-state index contributed by atoms with van der Waals surface area (Å²) < 4.78 is 25.2. The molecule has 3 rings (SSSR count). The highest BCUT2D eigenvalue weighted by Gasteiger charge is 2.11. The average Bonchev–Trinajstić information content (AvgIpc) is 2.69. The van der Waals surface area contributed by atoms with Crippen LogP contribution in [0.15, 0.2) is 64.1 Å². The van der Waals surface area contributed by atoms with Crippen LogP contribution in [-0.2, 0) is 6.61 Å². The van der Waals surface area contributed by atoms with Crippen molar-refractivity contribution in [3.63, 3.8) is 0 Å². The first-order valence-corrected chi connectivity index (χ1v) is 9.61. The van der Waals surface area contributed by atoms with Crippen molar-refractivity contribution in [3.05, 3.63) is 87.1 Å². The lowest BCUT2D eigenvalue weighted by Gasteiger charge is -2.13. The van der Waals surface area contributed by atoms with E-state index in [1.807, 2.05) is 18.2 Å². The normalized spacial score (nSPS) is 11.0. The number of nitrogens with zero attached hydrogens (tertiary/aromatic N) is 1. The number of benzene rings is 3. The summed E-state index contributed by atoms with van der Waals surface area (Å²) in [5, 5.41) is 0. The highest BCUT2D eigenvalue weighted by molar-refractivity contribution is 9.10. The molecule has 0 aromatic heterocycles. The van der Waals surface area contributed by atoms with E-state index in [4.69, 9.17) is 9.47 Å². The first kappa shape index (κ1) is 20.1. The molecular formula is C23H21BrFNO2. The van der Waals surface area contributed by atoms with Gasteiger partial charge >= 0.3 is 0 Å². The second-order valence-electron chi connectivity index (χ2n) is 6.48. The maximum absolute atomic E-state index is 13.0. The predicted molar refractivity (Wildman–Crippen MR) is 115 cm³/mol. The highest BCUT2D eigenvalue weighted by atomic mass is 79.9. The van der Waals surface area contributed by atoms with Gasteiger partial charge in [-0.1, -0.05) is 18.2 Å². The van der Waals surface area contributed by atoms with E-state index in [9.17, 15) is 4.39 Å². The van der Waals surface area contributed by atoms with Crippen LogP contribution in [0.1, 0.15) is 22.3 Å². The summed E-state index contributed by atoms with van der Waals surface area (Å²) in [6.45, 7) is 4.46. The minimum absolute atomic E-state index is 0.269. The second-order valence-corrected chi connectivity index (χ2v) is 7.33. The summed E-state index contributed by atoms with van der Waals surface area (Å²) in [7, 11) is 1.59. The molecule has 3 aromatic carbocycles. The van der Waals surface area contributed by atoms with Gasteiger partial charge in [-0.25, -0.2) is 4.39 Å². The molecule has 3 aromatic rings. The lowest BCUT2D eigenvalue weighted by Crippen LogP contribution is -1.99. The van der Waals surface area contributed by atoms with Crippen molar-refractivity contribution in [3.8, 4) is 11.5 Å². The van der Waals surface area contributed by atoms with Gasteiger partial charge in [0.2, 0.25) is 0 Å². The van der Waals surface area contributed by atoms with E-state index in [1.165, 1.54) is 23.3 Å². The van der Waals surface area contributed by atoms with Gasteiger partial charge in [-0.15, -0.1) is 0 Å². The molecule has 144 valence electrons. The number of halogens is 2. The van der Waals surface area contributed by atoms with Crippen LogP contribution < -0.4 is 9.47 Å². The fourth-order valence-corrected chi connectivity index (χ4v) is 3.22. The second kappa shape index (κ2) is 9.02. The maximum Gasteiger partial charge on any atom is 0.175 e. The molecule has 3 nitrogen and oxygen atoms in total. The zero-order valence-corrected chi connectivity index (χ0v) is 17.6. The fraction of sp³-hybridized carbons (Fsp3) is 0.174. The standard InChI is InChI=1S/C23H21BrFNO2/c1-15-4-9-20(10-16(15)2)26-13-18-11-21(24)23(22(12-18)27-3)28-14-17-5-7-19(25)8-6-17/h4-13H,14H2,1-3H3. The SMILES string of the molecule is COc1cc(C=Nc2ccc(C)c(C)c2)cc(Br)c1OCc1ccc(F)cc1. The van der Waals surface area contributed by atoms with Crippen LogP contribution in [0, 0.1) is 19.7 Å². The first-order valence-electron chi connectivity index (χ1n) is 8.82. The van der Waals surface area contributed by atoms with Gasteiger partial charge in [-0.2, -0.15) is 0 Å². The number of hydrogen-bond acceptors (Lipinski definition) is 3. The van der Waals surface area contributed by atoms with Gasteiger partial charge in [-0.3, -0.25) is 4.99 Å². The topological polar surface area (TPSA) is 30.8 Å².